The van der Waals surface area contributed by atoms with Crippen molar-refractivity contribution in [2.45, 2.75) is 44.7 Å². The zero-order chi connectivity index (χ0) is 13.8. The Morgan fingerprint density at radius 2 is 2.00 bits per heavy atom. The molecule has 20 heavy (non-hydrogen) atoms. The van der Waals surface area contributed by atoms with E-state index in [0.717, 1.165) is 5.92 Å². The molecule has 1 aromatic carbocycles. The van der Waals surface area contributed by atoms with Crippen molar-refractivity contribution in [3.63, 3.8) is 0 Å². The van der Waals surface area contributed by atoms with Crippen LogP contribution in [0.4, 0.5) is 0 Å². The van der Waals surface area contributed by atoms with E-state index in [2.05, 4.69) is 60.1 Å². The summed E-state index contributed by atoms with van der Waals surface area (Å²) in [5.41, 5.74) is 1.39. The maximum absolute atomic E-state index is 3.95. The molecule has 0 bridgehead atoms. The van der Waals surface area contributed by atoms with Gasteiger partial charge in [-0.15, -0.1) is 11.3 Å². The Labute approximate surface area is 126 Å². The van der Waals surface area contributed by atoms with Gasteiger partial charge in [-0.1, -0.05) is 56.2 Å². The number of rotatable bonds is 5. The Bertz CT molecular complexity index is 505. The van der Waals surface area contributed by atoms with Crippen LogP contribution in [0.15, 0.2) is 47.8 Å². The van der Waals surface area contributed by atoms with E-state index in [9.17, 15) is 0 Å². The minimum Gasteiger partial charge on any atom is -0.303 e. The van der Waals surface area contributed by atoms with E-state index in [-0.39, 0.29) is 0 Å². The summed E-state index contributed by atoms with van der Waals surface area (Å²) in [6, 6.07) is 16.3. The van der Waals surface area contributed by atoms with Gasteiger partial charge in [0.25, 0.3) is 0 Å². The number of nitrogens with one attached hydrogen (secondary N) is 1. The van der Waals surface area contributed by atoms with E-state index in [1.807, 2.05) is 11.3 Å². The first-order valence-corrected chi connectivity index (χ1v) is 8.61. The molecule has 3 unspecified atom stereocenters. The summed E-state index contributed by atoms with van der Waals surface area (Å²) in [7, 11) is 0. The third kappa shape index (κ3) is 2.97. The fourth-order valence-corrected chi connectivity index (χ4v) is 4.21. The van der Waals surface area contributed by atoms with Crippen LogP contribution in [0.5, 0.6) is 0 Å². The molecule has 0 saturated heterocycles. The first-order chi connectivity index (χ1) is 9.88. The normalized spacial score (nSPS) is 23.9. The van der Waals surface area contributed by atoms with Crippen molar-refractivity contribution in [2.24, 2.45) is 5.92 Å². The molecule has 3 rings (SSSR count). The first kappa shape index (κ1) is 13.8. The van der Waals surface area contributed by atoms with Gasteiger partial charge in [0, 0.05) is 10.9 Å². The number of hydrogen-bond acceptors (Lipinski definition) is 2. The molecule has 1 N–H and O–H groups in total. The van der Waals surface area contributed by atoms with Gasteiger partial charge in [0.2, 0.25) is 0 Å². The summed E-state index contributed by atoms with van der Waals surface area (Å²) in [6.45, 7) is 2.33. The van der Waals surface area contributed by atoms with Crippen LogP contribution in [0.3, 0.4) is 0 Å². The predicted octanol–water partition coefficient (Wildman–Crippen LogP) is 5.01. The van der Waals surface area contributed by atoms with Crippen LogP contribution in [0, 0.1) is 5.92 Å². The van der Waals surface area contributed by atoms with Crippen molar-refractivity contribution in [2.75, 3.05) is 0 Å². The second-order valence-corrected chi connectivity index (χ2v) is 6.71. The molecule has 0 radical (unpaired) electrons. The first-order valence-electron chi connectivity index (χ1n) is 7.73. The lowest BCUT2D eigenvalue weighted by molar-refractivity contribution is 0.370. The van der Waals surface area contributed by atoms with Gasteiger partial charge in [-0.2, -0.15) is 0 Å². The largest absolute Gasteiger partial charge is 0.303 e. The Balaban J connectivity index is 1.83. The molecule has 3 atom stereocenters. The molecule has 1 saturated carbocycles. The highest BCUT2D eigenvalue weighted by Gasteiger charge is 2.28. The standard InChI is InChI=1S/C18H23NS/c1-2-14-10-6-11-16(14)19-18(17-12-7-13-20-17)15-8-4-3-5-9-15/h3-5,7-9,12-14,16,18-19H,2,6,10-11H2,1H3. The molecular weight excluding hydrogens is 262 g/mol. The molecular formula is C18H23NS. The van der Waals surface area contributed by atoms with Crippen molar-refractivity contribution >= 4 is 11.3 Å². The summed E-state index contributed by atoms with van der Waals surface area (Å²) >= 11 is 1.86. The molecule has 1 heterocycles. The second kappa shape index (κ2) is 6.55. The third-order valence-electron chi connectivity index (χ3n) is 4.52. The van der Waals surface area contributed by atoms with Gasteiger partial charge in [0.05, 0.1) is 6.04 Å². The third-order valence-corrected chi connectivity index (χ3v) is 5.46. The van der Waals surface area contributed by atoms with Crippen molar-refractivity contribution in [1.29, 1.82) is 0 Å². The SMILES string of the molecule is CCC1CCCC1NC(c1ccccc1)c1cccs1. The van der Waals surface area contributed by atoms with Gasteiger partial charge in [0.1, 0.15) is 0 Å². The van der Waals surface area contributed by atoms with Crippen molar-refractivity contribution in [3.05, 3.63) is 58.3 Å². The fourth-order valence-electron chi connectivity index (χ4n) is 3.40. The van der Waals surface area contributed by atoms with Crippen LogP contribution in [0.25, 0.3) is 0 Å². The smallest absolute Gasteiger partial charge is 0.0673 e. The maximum Gasteiger partial charge on any atom is 0.0673 e. The lowest BCUT2D eigenvalue weighted by Gasteiger charge is -2.26. The van der Waals surface area contributed by atoms with Gasteiger partial charge >= 0.3 is 0 Å². The van der Waals surface area contributed by atoms with Crippen LogP contribution in [-0.2, 0) is 0 Å². The fraction of sp³-hybridized carbons (Fsp3) is 0.444. The monoisotopic (exact) mass is 285 g/mol. The zero-order valence-corrected chi connectivity index (χ0v) is 12.9. The predicted molar refractivity (Wildman–Crippen MR) is 87.2 cm³/mol. The highest BCUT2D eigenvalue weighted by molar-refractivity contribution is 7.10. The van der Waals surface area contributed by atoms with Crippen LogP contribution < -0.4 is 5.32 Å². The van der Waals surface area contributed by atoms with E-state index < -0.39 is 0 Å². The molecule has 106 valence electrons. The second-order valence-electron chi connectivity index (χ2n) is 5.73. The topological polar surface area (TPSA) is 12.0 Å². The summed E-state index contributed by atoms with van der Waals surface area (Å²) in [6.07, 6.45) is 5.39. The van der Waals surface area contributed by atoms with Crippen LogP contribution in [0.2, 0.25) is 0 Å². The molecule has 1 aliphatic rings. The molecule has 1 fully saturated rings. The van der Waals surface area contributed by atoms with Gasteiger partial charge in [-0.25, -0.2) is 0 Å². The maximum atomic E-state index is 3.95. The molecule has 1 aliphatic carbocycles. The zero-order valence-electron chi connectivity index (χ0n) is 12.1. The molecule has 2 aromatic rings. The lowest BCUT2D eigenvalue weighted by atomic mass is 9.97. The van der Waals surface area contributed by atoms with Crippen molar-refractivity contribution in [1.82, 2.24) is 5.32 Å². The van der Waals surface area contributed by atoms with Crippen LogP contribution in [0.1, 0.15) is 49.1 Å². The van der Waals surface area contributed by atoms with E-state index >= 15 is 0 Å². The van der Waals surface area contributed by atoms with Crippen molar-refractivity contribution < 1.29 is 0 Å². The van der Waals surface area contributed by atoms with Gasteiger partial charge < -0.3 is 5.32 Å². The Morgan fingerprint density at radius 1 is 1.15 bits per heavy atom. The van der Waals surface area contributed by atoms with E-state index in [1.54, 1.807) is 0 Å². The Morgan fingerprint density at radius 3 is 2.70 bits per heavy atom. The molecule has 0 amide bonds. The Hall–Kier alpha value is -1.12. The molecule has 2 heteroatoms. The lowest BCUT2D eigenvalue weighted by Crippen LogP contribution is -2.35. The highest BCUT2D eigenvalue weighted by Crippen LogP contribution is 2.33. The molecule has 0 spiro atoms. The molecule has 1 nitrogen and oxygen atoms in total. The van der Waals surface area contributed by atoms with Gasteiger partial charge in [-0.05, 0) is 35.8 Å². The quantitative estimate of drug-likeness (QED) is 0.814. The van der Waals surface area contributed by atoms with Gasteiger partial charge in [0.15, 0.2) is 0 Å². The average Bonchev–Trinajstić information content (AvgIpc) is 3.16. The number of thiophene rings is 1. The highest BCUT2D eigenvalue weighted by atomic mass is 32.1. The molecule has 1 aromatic heterocycles. The summed E-state index contributed by atoms with van der Waals surface area (Å²) < 4.78 is 0. The van der Waals surface area contributed by atoms with Crippen molar-refractivity contribution in [3.8, 4) is 0 Å². The Kier molecular flexibility index (Phi) is 4.54. The van der Waals surface area contributed by atoms with Gasteiger partial charge in [-0.3, -0.25) is 0 Å². The van der Waals surface area contributed by atoms with Crippen LogP contribution in [-0.4, -0.2) is 6.04 Å². The molecule has 0 aliphatic heterocycles. The van der Waals surface area contributed by atoms with E-state index in [1.165, 1.54) is 36.1 Å². The summed E-state index contributed by atoms with van der Waals surface area (Å²) in [4.78, 5) is 1.43. The van der Waals surface area contributed by atoms with Crippen LogP contribution >= 0.6 is 11.3 Å². The average molecular weight is 285 g/mol. The van der Waals surface area contributed by atoms with E-state index in [4.69, 9.17) is 0 Å². The summed E-state index contributed by atoms with van der Waals surface area (Å²) in [5.74, 6) is 0.848. The number of hydrogen-bond donors (Lipinski definition) is 1. The minimum absolute atomic E-state index is 0.355. The van der Waals surface area contributed by atoms with E-state index in [0.29, 0.717) is 12.1 Å². The minimum atomic E-state index is 0.355. The number of benzene rings is 1. The summed E-state index contributed by atoms with van der Waals surface area (Å²) in [5, 5.41) is 6.13.